The van der Waals surface area contributed by atoms with Crippen molar-refractivity contribution < 1.29 is 9.57 Å². The van der Waals surface area contributed by atoms with Crippen molar-refractivity contribution in [3.63, 3.8) is 0 Å². The molecular weight excluding hydrogens is 156 g/mol. The summed E-state index contributed by atoms with van der Waals surface area (Å²) < 4.78 is 5.20. The first-order valence-electron chi connectivity index (χ1n) is 4.31. The number of nitrogens with one attached hydrogen (secondary N) is 1. The molecule has 2 rings (SSSR count). The molecule has 2 aliphatic heterocycles. The summed E-state index contributed by atoms with van der Waals surface area (Å²) in [6, 6.07) is 0. The van der Waals surface area contributed by atoms with E-state index in [1.807, 2.05) is 6.92 Å². The molecule has 1 N–H and O–H groups in total. The second-order valence-electron chi connectivity index (χ2n) is 3.50. The largest absolute Gasteiger partial charge is 0.380 e. The van der Waals surface area contributed by atoms with Crippen molar-refractivity contribution in [1.29, 1.82) is 0 Å². The minimum absolute atomic E-state index is 0.0451. The third kappa shape index (κ3) is 1.03. The van der Waals surface area contributed by atoms with Crippen molar-refractivity contribution >= 4 is 5.84 Å². The number of ether oxygens (including phenoxy) is 1. The number of hydrogen-bond acceptors (Lipinski definition) is 4. The quantitative estimate of drug-likeness (QED) is 0.663. The molecule has 0 aromatic carbocycles. The Morgan fingerprint density at radius 1 is 1.67 bits per heavy atom. The minimum Gasteiger partial charge on any atom is -0.380 e. The van der Waals surface area contributed by atoms with E-state index < -0.39 is 0 Å². The van der Waals surface area contributed by atoms with Gasteiger partial charge in [-0.25, -0.2) is 9.83 Å². The first kappa shape index (κ1) is 8.01. The highest BCUT2D eigenvalue weighted by Crippen LogP contribution is 2.38. The van der Waals surface area contributed by atoms with Crippen LogP contribution in [0, 0.1) is 5.41 Å². The molecule has 0 amide bonds. The highest BCUT2D eigenvalue weighted by molar-refractivity contribution is 5.79. The van der Waals surface area contributed by atoms with Crippen LogP contribution < -0.4 is 5.48 Å². The fourth-order valence-electron chi connectivity index (χ4n) is 1.52. The maximum atomic E-state index is 5.33. The van der Waals surface area contributed by atoms with Crippen LogP contribution >= 0.6 is 0 Å². The average molecular weight is 170 g/mol. The van der Waals surface area contributed by atoms with E-state index in [2.05, 4.69) is 17.4 Å². The normalized spacial score (nSPS) is 32.2. The monoisotopic (exact) mass is 170 g/mol. The van der Waals surface area contributed by atoms with Crippen LogP contribution in [0.1, 0.15) is 20.3 Å². The second-order valence-corrected chi connectivity index (χ2v) is 3.50. The minimum atomic E-state index is -0.0451. The van der Waals surface area contributed by atoms with E-state index in [-0.39, 0.29) is 11.6 Å². The summed E-state index contributed by atoms with van der Waals surface area (Å²) in [6.45, 7) is 5.59. The molecule has 0 bridgehead atoms. The molecule has 1 atom stereocenters. The van der Waals surface area contributed by atoms with Crippen LogP contribution in [-0.2, 0) is 9.57 Å². The molecule has 1 fully saturated rings. The fraction of sp³-hybridized carbons (Fsp3) is 0.875. The summed E-state index contributed by atoms with van der Waals surface area (Å²) in [4.78, 5) is 9.69. The molecule has 0 spiro atoms. The molecule has 0 aromatic heterocycles. The standard InChI is InChI=1S/C8H14N2O2/c1-3-8(4-11-5-8)7-9-6(2)10-12-7/h7H,3-5H2,1-2H3,(H,9,10). The van der Waals surface area contributed by atoms with E-state index >= 15 is 0 Å². The molecule has 4 nitrogen and oxygen atoms in total. The number of hydroxylamine groups is 1. The lowest BCUT2D eigenvalue weighted by molar-refractivity contribution is -0.189. The van der Waals surface area contributed by atoms with Crippen molar-refractivity contribution in [2.24, 2.45) is 10.4 Å². The van der Waals surface area contributed by atoms with Gasteiger partial charge in [0.25, 0.3) is 0 Å². The zero-order valence-corrected chi connectivity index (χ0v) is 7.46. The van der Waals surface area contributed by atoms with Crippen LogP contribution in [0.5, 0.6) is 0 Å². The molecule has 0 saturated carbocycles. The highest BCUT2D eigenvalue weighted by atomic mass is 16.7. The Kier molecular flexibility index (Phi) is 1.81. The van der Waals surface area contributed by atoms with Crippen LogP contribution in [0.2, 0.25) is 0 Å². The van der Waals surface area contributed by atoms with E-state index in [1.54, 1.807) is 0 Å². The molecule has 1 saturated heterocycles. The Labute approximate surface area is 71.9 Å². The van der Waals surface area contributed by atoms with Gasteiger partial charge in [-0.3, -0.25) is 5.48 Å². The van der Waals surface area contributed by atoms with Crippen LogP contribution in [0.3, 0.4) is 0 Å². The maximum Gasteiger partial charge on any atom is 0.186 e. The molecule has 0 aliphatic carbocycles. The Balaban J connectivity index is 2.07. The van der Waals surface area contributed by atoms with E-state index in [9.17, 15) is 0 Å². The summed E-state index contributed by atoms with van der Waals surface area (Å²) in [5, 5.41) is 0. The number of amidine groups is 1. The van der Waals surface area contributed by atoms with Gasteiger partial charge in [-0.1, -0.05) is 6.92 Å². The lowest BCUT2D eigenvalue weighted by Gasteiger charge is -2.42. The average Bonchev–Trinajstić information content (AvgIpc) is 2.35. The van der Waals surface area contributed by atoms with Gasteiger partial charge in [-0.15, -0.1) is 0 Å². The summed E-state index contributed by atoms with van der Waals surface area (Å²) in [6.07, 6.45) is 1.01. The Morgan fingerprint density at radius 3 is 2.75 bits per heavy atom. The number of nitrogens with zero attached hydrogens (tertiary/aromatic N) is 1. The van der Waals surface area contributed by atoms with E-state index in [1.165, 1.54) is 0 Å². The van der Waals surface area contributed by atoms with Gasteiger partial charge in [0.05, 0.1) is 18.6 Å². The van der Waals surface area contributed by atoms with Gasteiger partial charge in [0.1, 0.15) is 5.84 Å². The molecule has 1 unspecified atom stereocenters. The van der Waals surface area contributed by atoms with Crippen LogP contribution in [-0.4, -0.2) is 25.3 Å². The van der Waals surface area contributed by atoms with Gasteiger partial charge in [0.2, 0.25) is 0 Å². The molecule has 4 heteroatoms. The van der Waals surface area contributed by atoms with Gasteiger partial charge >= 0.3 is 0 Å². The topological polar surface area (TPSA) is 42.9 Å². The predicted molar refractivity (Wildman–Crippen MR) is 44.7 cm³/mol. The first-order valence-corrected chi connectivity index (χ1v) is 4.31. The van der Waals surface area contributed by atoms with Crippen LogP contribution in [0.15, 0.2) is 4.99 Å². The van der Waals surface area contributed by atoms with Crippen molar-refractivity contribution in [3.05, 3.63) is 0 Å². The molecular formula is C8H14N2O2. The van der Waals surface area contributed by atoms with Crippen molar-refractivity contribution in [1.82, 2.24) is 5.48 Å². The maximum absolute atomic E-state index is 5.33. The summed E-state index contributed by atoms with van der Waals surface area (Å²) >= 11 is 0. The Morgan fingerprint density at radius 2 is 2.42 bits per heavy atom. The number of hydrogen-bond donors (Lipinski definition) is 1. The lowest BCUT2D eigenvalue weighted by atomic mass is 9.81. The van der Waals surface area contributed by atoms with Crippen LogP contribution in [0.25, 0.3) is 0 Å². The smallest absolute Gasteiger partial charge is 0.186 e. The van der Waals surface area contributed by atoms with E-state index in [0.717, 1.165) is 25.5 Å². The molecule has 2 heterocycles. The Bertz CT molecular complexity index is 206. The third-order valence-electron chi connectivity index (χ3n) is 2.64. The van der Waals surface area contributed by atoms with Gasteiger partial charge in [-0.05, 0) is 13.3 Å². The SMILES string of the molecule is CCC1(C2N=C(C)NO2)COC1. The Hall–Kier alpha value is -0.610. The second kappa shape index (κ2) is 2.71. The first-order chi connectivity index (χ1) is 5.77. The van der Waals surface area contributed by atoms with Crippen molar-refractivity contribution in [3.8, 4) is 0 Å². The van der Waals surface area contributed by atoms with Crippen molar-refractivity contribution in [2.45, 2.75) is 26.5 Å². The van der Waals surface area contributed by atoms with E-state index in [4.69, 9.17) is 9.57 Å². The zero-order valence-electron chi connectivity index (χ0n) is 7.46. The number of rotatable bonds is 2. The summed E-state index contributed by atoms with van der Waals surface area (Å²) in [7, 11) is 0. The lowest BCUT2D eigenvalue weighted by Crippen LogP contribution is -2.50. The van der Waals surface area contributed by atoms with Crippen molar-refractivity contribution in [2.75, 3.05) is 13.2 Å². The van der Waals surface area contributed by atoms with Gasteiger partial charge < -0.3 is 4.74 Å². The molecule has 2 aliphatic rings. The molecule has 0 aromatic rings. The molecule has 68 valence electrons. The van der Waals surface area contributed by atoms with Crippen LogP contribution in [0.4, 0.5) is 0 Å². The third-order valence-corrected chi connectivity index (χ3v) is 2.64. The van der Waals surface area contributed by atoms with Gasteiger partial charge in [-0.2, -0.15) is 0 Å². The predicted octanol–water partition coefficient (Wildman–Crippen LogP) is 0.692. The molecule has 0 radical (unpaired) electrons. The van der Waals surface area contributed by atoms with E-state index in [0.29, 0.717) is 0 Å². The zero-order chi connectivity index (χ0) is 8.60. The molecule has 12 heavy (non-hydrogen) atoms. The number of aliphatic imine (C=N–C) groups is 1. The highest BCUT2D eigenvalue weighted by Gasteiger charge is 2.47. The summed E-state index contributed by atoms with van der Waals surface area (Å²) in [5.74, 6) is 0.861. The van der Waals surface area contributed by atoms with Gasteiger partial charge in [0, 0.05) is 0 Å². The van der Waals surface area contributed by atoms with Gasteiger partial charge in [0.15, 0.2) is 6.23 Å². The summed E-state index contributed by atoms with van der Waals surface area (Å²) in [5.41, 5.74) is 2.90. The fourth-order valence-corrected chi connectivity index (χ4v) is 1.52.